The van der Waals surface area contributed by atoms with Crippen LogP contribution in [0.25, 0.3) is 12.2 Å². The van der Waals surface area contributed by atoms with Crippen LogP contribution in [0.4, 0.5) is 0 Å². The molecule has 1 aromatic rings. The Hall–Kier alpha value is -1.42. The summed E-state index contributed by atoms with van der Waals surface area (Å²) in [5.41, 5.74) is 1.50. The summed E-state index contributed by atoms with van der Waals surface area (Å²) in [6, 6.07) is 0. The van der Waals surface area contributed by atoms with Gasteiger partial charge in [-0.25, -0.2) is 0 Å². The first-order chi connectivity index (χ1) is 7.08. The van der Waals surface area contributed by atoms with Crippen LogP contribution in [0.2, 0.25) is 0 Å². The predicted octanol–water partition coefficient (Wildman–Crippen LogP) is 1.93. The van der Waals surface area contributed by atoms with Crippen LogP contribution in [0.1, 0.15) is 11.3 Å². The molecular weight excluding hydrogens is 210 g/mol. The van der Waals surface area contributed by atoms with Gasteiger partial charge in [-0.2, -0.15) is 4.57 Å². The predicted molar refractivity (Wildman–Crippen MR) is 62.9 cm³/mol. The molecule has 0 aliphatic heterocycles. The van der Waals surface area contributed by atoms with Gasteiger partial charge in [-0.1, -0.05) is 19.2 Å². The van der Waals surface area contributed by atoms with Crippen LogP contribution in [-0.4, -0.2) is 16.5 Å². The third kappa shape index (κ3) is 1.72. The highest BCUT2D eigenvalue weighted by molar-refractivity contribution is 7.98. The number of hydrogen-bond donors (Lipinski definition) is 2. The van der Waals surface area contributed by atoms with Crippen molar-refractivity contribution in [2.75, 3.05) is 6.26 Å². The van der Waals surface area contributed by atoms with E-state index in [0.717, 1.165) is 11.3 Å². The lowest BCUT2D eigenvalue weighted by atomic mass is 10.1. The molecule has 1 heterocycles. The van der Waals surface area contributed by atoms with Crippen molar-refractivity contribution in [3.63, 3.8) is 0 Å². The average molecular weight is 224 g/mol. The van der Waals surface area contributed by atoms with E-state index in [1.54, 1.807) is 19.2 Å². The Kier molecular flexibility index (Phi) is 3.42. The monoisotopic (exact) mass is 224 g/mol. The van der Waals surface area contributed by atoms with Gasteiger partial charge in [0.2, 0.25) is 11.4 Å². The highest BCUT2D eigenvalue weighted by Gasteiger charge is 2.24. The number of hydrogen-bond acceptors (Lipinski definition) is 3. The minimum Gasteiger partial charge on any atom is -0.499 e. The topological polar surface area (TPSA) is 44.3 Å². The van der Waals surface area contributed by atoms with Crippen molar-refractivity contribution in [2.24, 2.45) is 7.05 Å². The maximum atomic E-state index is 9.74. The number of aromatic nitrogens is 1. The molecule has 3 nitrogen and oxygen atoms in total. The Morgan fingerprint density at radius 2 is 1.87 bits per heavy atom. The van der Waals surface area contributed by atoms with Crippen molar-refractivity contribution >= 4 is 23.9 Å². The van der Waals surface area contributed by atoms with Crippen LogP contribution < -0.4 is 4.57 Å². The standard InChI is InChI=1S/C11H13NO2S/c1-5-7-8(6-2)12(3)11(14)9(13)10(7)15-4/h5-6,13H,1-2H2,3-4H3/p+1. The van der Waals surface area contributed by atoms with Gasteiger partial charge in [-0.05, 0) is 6.26 Å². The van der Waals surface area contributed by atoms with Gasteiger partial charge in [0.05, 0.1) is 10.5 Å². The quantitative estimate of drug-likeness (QED) is 0.609. The number of nitrogens with zero attached hydrogens (tertiary/aromatic N) is 1. The number of pyridine rings is 1. The zero-order chi connectivity index (χ0) is 11.6. The fourth-order valence-electron chi connectivity index (χ4n) is 1.45. The van der Waals surface area contributed by atoms with Gasteiger partial charge in [-0.3, -0.25) is 0 Å². The third-order valence-electron chi connectivity index (χ3n) is 2.23. The zero-order valence-corrected chi connectivity index (χ0v) is 9.64. The highest BCUT2D eigenvalue weighted by Crippen LogP contribution is 2.37. The Bertz CT molecular complexity index is 427. The maximum Gasteiger partial charge on any atom is 0.410 e. The minimum atomic E-state index is -0.167. The molecule has 0 aromatic carbocycles. The molecule has 0 aliphatic carbocycles. The van der Waals surface area contributed by atoms with E-state index in [1.165, 1.54) is 16.3 Å². The molecule has 0 aliphatic rings. The van der Waals surface area contributed by atoms with Crippen molar-refractivity contribution in [3.05, 3.63) is 24.4 Å². The summed E-state index contributed by atoms with van der Waals surface area (Å²) in [5, 5.41) is 19.4. The third-order valence-corrected chi connectivity index (χ3v) is 3.05. The molecule has 0 saturated heterocycles. The van der Waals surface area contributed by atoms with Crippen LogP contribution in [0.3, 0.4) is 0 Å². The van der Waals surface area contributed by atoms with Gasteiger partial charge in [0.25, 0.3) is 0 Å². The molecule has 0 bridgehead atoms. The Labute approximate surface area is 93.4 Å². The summed E-state index contributed by atoms with van der Waals surface area (Å²) in [5.74, 6) is -0.287. The first-order valence-electron chi connectivity index (χ1n) is 4.35. The zero-order valence-electron chi connectivity index (χ0n) is 8.82. The molecule has 0 unspecified atom stereocenters. The molecule has 4 heteroatoms. The molecule has 1 rings (SSSR count). The van der Waals surface area contributed by atoms with Gasteiger partial charge in [0, 0.05) is 6.08 Å². The highest BCUT2D eigenvalue weighted by atomic mass is 32.2. The maximum absolute atomic E-state index is 9.74. The van der Waals surface area contributed by atoms with Crippen molar-refractivity contribution < 1.29 is 14.8 Å². The number of rotatable bonds is 3. The Morgan fingerprint density at radius 1 is 1.27 bits per heavy atom. The van der Waals surface area contributed by atoms with Crippen molar-refractivity contribution in [2.45, 2.75) is 4.90 Å². The average Bonchev–Trinajstić information content (AvgIpc) is 2.25. The lowest BCUT2D eigenvalue weighted by molar-refractivity contribution is -0.680. The van der Waals surface area contributed by atoms with Gasteiger partial charge in [-0.15, -0.1) is 11.8 Å². The fraction of sp³-hybridized carbons (Fsp3) is 0.182. The second-order valence-electron chi connectivity index (χ2n) is 2.97. The van der Waals surface area contributed by atoms with Gasteiger partial charge >= 0.3 is 5.88 Å². The van der Waals surface area contributed by atoms with E-state index in [0.29, 0.717) is 4.90 Å². The second-order valence-corrected chi connectivity index (χ2v) is 3.79. The lowest BCUT2D eigenvalue weighted by Gasteiger charge is -2.08. The van der Waals surface area contributed by atoms with E-state index in [4.69, 9.17) is 0 Å². The fourth-order valence-corrected chi connectivity index (χ4v) is 2.14. The molecule has 80 valence electrons. The number of aromatic hydroxyl groups is 2. The summed E-state index contributed by atoms with van der Waals surface area (Å²) in [4.78, 5) is 0.607. The molecule has 0 amide bonds. The van der Waals surface area contributed by atoms with E-state index in [-0.39, 0.29) is 11.6 Å². The van der Waals surface area contributed by atoms with Gasteiger partial charge in [0.15, 0.2) is 0 Å². The first-order valence-corrected chi connectivity index (χ1v) is 5.57. The molecule has 0 fully saturated rings. The van der Waals surface area contributed by atoms with Crippen molar-refractivity contribution in [3.8, 4) is 11.6 Å². The molecule has 0 spiro atoms. The SMILES string of the molecule is C=Cc1c(SC)c(O)c(O)[n+](C)c1C=C. The normalized spacial score (nSPS) is 10.0. The van der Waals surface area contributed by atoms with E-state index >= 15 is 0 Å². The molecule has 0 saturated carbocycles. The summed E-state index contributed by atoms with van der Waals surface area (Å²) in [7, 11) is 1.66. The van der Waals surface area contributed by atoms with E-state index in [9.17, 15) is 10.2 Å². The molecule has 15 heavy (non-hydrogen) atoms. The van der Waals surface area contributed by atoms with E-state index < -0.39 is 0 Å². The Balaban J connectivity index is 3.74. The summed E-state index contributed by atoms with van der Waals surface area (Å²) >= 11 is 1.36. The van der Waals surface area contributed by atoms with Gasteiger partial charge in [0.1, 0.15) is 7.05 Å². The Morgan fingerprint density at radius 3 is 2.27 bits per heavy atom. The molecule has 2 N–H and O–H groups in total. The van der Waals surface area contributed by atoms with Crippen LogP contribution in [-0.2, 0) is 7.05 Å². The van der Waals surface area contributed by atoms with Crippen LogP contribution in [0.5, 0.6) is 11.6 Å². The number of thioether (sulfide) groups is 1. The summed E-state index contributed by atoms with van der Waals surface area (Å²) in [6.45, 7) is 7.37. The smallest absolute Gasteiger partial charge is 0.410 e. The van der Waals surface area contributed by atoms with E-state index in [1.807, 2.05) is 6.26 Å². The largest absolute Gasteiger partial charge is 0.499 e. The molecule has 1 aromatic heterocycles. The lowest BCUT2D eigenvalue weighted by Crippen LogP contribution is -2.33. The van der Waals surface area contributed by atoms with Crippen LogP contribution >= 0.6 is 11.8 Å². The second kappa shape index (κ2) is 4.40. The summed E-state index contributed by atoms with van der Waals surface area (Å²) < 4.78 is 1.47. The van der Waals surface area contributed by atoms with Crippen molar-refractivity contribution in [1.82, 2.24) is 0 Å². The molecular formula is C11H14NO2S+. The molecule has 0 radical (unpaired) electrons. The molecule has 0 atom stereocenters. The van der Waals surface area contributed by atoms with Crippen LogP contribution in [0, 0.1) is 0 Å². The van der Waals surface area contributed by atoms with Crippen LogP contribution in [0.15, 0.2) is 18.1 Å². The van der Waals surface area contributed by atoms with Gasteiger partial charge < -0.3 is 10.2 Å². The van der Waals surface area contributed by atoms with E-state index in [2.05, 4.69) is 13.2 Å². The van der Waals surface area contributed by atoms with Crippen molar-refractivity contribution in [1.29, 1.82) is 0 Å². The summed E-state index contributed by atoms with van der Waals surface area (Å²) in [6.07, 6.45) is 5.09. The minimum absolute atomic E-state index is 0.120. The first kappa shape index (κ1) is 11.7.